The number of pyridine rings is 1. The molecule has 1 aliphatic rings. The van der Waals surface area contributed by atoms with Crippen molar-refractivity contribution in [2.24, 2.45) is 0 Å². The number of aromatic nitrogens is 1. The lowest BCUT2D eigenvalue weighted by molar-refractivity contribution is 0.0582. The summed E-state index contributed by atoms with van der Waals surface area (Å²) >= 11 is 3.42. The van der Waals surface area contributed by atoms with Gasteiger partial charge in [-0.2, -0.15) is 0 Å². The maximum Gasteiger partial charge on any atom is 0.253 e. The van der Waals surface area contributed by atoms with Crippen molar-refractivity contribution >= 4 is 21.8 Å². The second kappa shape index (κ2) is 7.23. The van der Waals surface area contributed by atoms with Gasteiger partial charge in [0.15, 0.2) is 0 Å². The Balaban J connectivity index is 1.61. The molecule has 0 N–H and O–H groups in total. The molecule has 1 unspecified atom stereocenters. The molecule has 120 valence electrons. The first kappa shape index (κ1) is 16.1. The van der Waals surface area contributed by atoms with Gasteiger partial charge in [0.2, 0.25) is 0 Å². The standard InChI is InChI=1S/C18H20BrN3O/c1-14(16-5-3-7-20-13-16)21-8-10-22(11-9-21)18(23)15-4-2-6-17(19)12-15/h2-7,12-14H,8-11H2,1H3. The molecule has 0 radical (unpaired) electrons. The lowest BCUT2D eigenvalue weighted by atomic mass is 10.1. The van der Waals surface area contributed by atoms with Crippen LogP contribution >= 0.6 is 15.9 Å². The lowest BCUT2D eigenvalue weighted by Crippen LogP contribution is -2.49. The molecule has 1 fully saturated rings. The van der Waals surface area contributed by atoms with Crippen molar-refractivity contribution in [2.45, 2.75) is 13.0 Å². The number of hydrogen-bond donors (Lipinski definition) is 0. The van der Waals surface area contributed by atoms with E-state index in [1.54, 1.807) is 6.20 Å². The molecule has 1 aromatic heterocycles. The van der Waals surface area contributed by atoms with Crippen LogP contribution in [-0.2, 0) is 0 Å². The van der Waals surface area contributed by atoms with Crippen molar-refractivity contribution in [3.63, 3.8) is 0 Å². The molecule has 23 heavy (non-hydrogen) atoms. The maximum atomic E-state index is 12.6. The summed E-state index contributed by atoms with van der Waals surface area (Å²) in [6.07, 6.45) is 3.72. The van der Waals surface area contributed by atoms with Crippen LogP contribution in [0, 0.1) is 0 Å². The van der Waals surface area contributed by atoms with Gasteiger partial charge in [0.05, 0.1) is 0 Å². The monoisotopic (exact) mass is 373 g/mol. The van der Waals surface area contributed by atoms with Crippen LogP contribution in [-0.4, -0.2) is 46.9 Å². The third kappa shape index (κ3) is 3.79. The molecular weight excluding hydrogens is 354 g/mol. The smallest absolute Gasteiger partial charge is 0.253 e. The normalized spacial score (nSPS) is 17.0. The van der Waals surface area contributed by atoms with E-state index in [-0.39, 0.29) is 5.91 Å². The van der Waals surface area contributed by atoms with Gasteiger partial charge in [-0.05, 0) is 36.8 Å². The van der Waals surface area contributed by atoms with Gasteiger partial charge in [-0.1, -0.05) is 28.1 Å². The van der Waals surface area contributed by atoms with Crippen LogP contribution in [0.3, 0.4) is 0 Å². The van der Waals surface area contributed by atoms with Crippen LogP contribution in [0.5, 0.6) is 0 Å². The van der Waals surface area contributed by atoms with Crippen LogP contribution in [0.4, 0.5) is 0 Å². The van der Waals surface area contributed by atoms with E-state index < -0.39 is 0 Å². The molecule has 3 rings (SSSR count). The molecular formula is C18H20BrN3O. The van der Waals surface area contributed by atoms with E-state index in [2.05, 4.69) is 38.8 Å². The van der Waals surface area contributed by atoms with Gasteiger partial charge < -0.3 is 4.90 Å². The van der Waals surface area contributed by atoms with Gasteiger partial charge in [-0.3, -0.25) is 14.7 Å². The minimum absolute atomic E-state index is 0.111. The predicted molar refractivity (Wildman–Crippen MR) is 94.3 cm³/mol. The summed E-state index contributed by atoms with van der Waals surface area (Å²) in [7, 11) is 0. The fourth-order valence-corrected chi connectivity index (χ4v) is 3.35. The third-order valence-corrected chi connectivity index (χ3v) is 4.88. The zero-order chi connectivity index (χ0) is 16.2. The predicted octanol–water partition coefficient (Wildman–Crippen LogP) is 3.36. The molecule has 1 atom stereocenters. The van der Waals surface area contributed by atoms with Crippen LogP contribution < -0.4 is 0 Å². The summed E-state index contributed by atoms with van der Waals surface area (Å²) < 4.78 is 0.937. The molecule has 2 heterocycles. The average Bonchev–Trinajstić information content (AvgIpc) is 2.61. The Morgan fingerprint density at radius 2 is 1.96 bits per heavy atom. The van der Waals surface area contributed by atoms with Gasteiger partial charge >= 0.3 is 0 Å². The van der Waals surface area contributed by atoms with E-state index in [0.29, 0.717) is 6.04 Å². The quantitative estimate of drug-likeness (QED) is 0.827. The Hall–Kier alpha value is -1.72. The largest absolute Gasteiger partial charge is 0.336 e. The summed E-state index contributed by atoms with van der Waals surface area (Å²) in [5.41, 5.74) is 1.97. The minimum Gasteiger partial charge on any atom is -0.336 e. The van der Waals surface area contributed by atoms with Crippen LogP contribution in [0.15, 0.2) is 53.3 Å². The Bertz CT molecular complexity index is 669. The zero-order valence-electron chi connectivity index (χ0n) is 13.2. The van der Waals surface area contributed by atoms with Crippen LogP contribution in [0.1, 0.15) is 28.9 Å². The van der Waals surface area contributed by atoms with Crippen LogP contribution in [0.2, 0.25) is 0 Å². The Morgan fingerprint density at radius 3 is 2.61 bits per heavy atom. The first-order chi connectivity index (χ1) is 11.1. The molecule has 0 bridgehead atoms. The van der Waals surface area contributed by atoms with E-state index >= 15 is 0 Å². The second-order valence-electron chi connectivity index (χ2n) is 5.80. The number of carbonyl (C=O) groups excluding carboxylic acids is 1. The summed E-state index contributed by atoms with van der Waals surface area (Å²) in [5, 5.41) is 0. The highest BCUT2D eigenvalue weighted by molar-refractivity contribution is 9.10. The van der Waals surface area contributed by atoms with Gasteiger partial charge in [-0.25, -0.2) is 0 Å². The van der Waals surface area contributed by atoms with Crippen molar-refractivity contribution in [3.8, 4) is 0 Å². The zero-order valence-corrected chi connectivity index (χ0v) is 14.7. The fraction of sp³-hybridized carbons (Fsp3) is 0.333. The van der Waals surface area contributed by atoms with Crippen molar-refractivity contribution in [1.29, 1.82) is 0 Å². The van der Waals surface area contributed by atoms with Crippen molar-refractivity contribution in [1.82, 2.24) is 14.8 Å². The highest BCUT2D eigenvalue weighted by atomic mass is 79.9. The molecule has 0 saturated carbocycles. The molecule has 1 aromatic carbocycles. The second-order valence-corrected chi connectivity index (χ2v) is 6.72. The van der Waals surface area contributed by atoms with E-state index in [0.717, 1.165) is 36.2 Å². The van der Waals surface area contributed by atoms with Crippen molar-refractivity contribution < 1.29 is 4.79 Å². The summed E-state index contributed by atoms with van der Waals surface area (Å²) in [6.45, 7) is 5.49. The van der Waals surface area contributed by atoms with E-state index in [4.69, 9.17) is 0 Å². The molecule has 2 aromatic rings. The third-order valence-electron chi connectivity index (χ3n) is 4.39. The Labute approximate surface area is 145 Å². The topological polar surface area (TPSA) is 36.4 Å². The summed E-state index contributed by atoms with van der Waals surface area (Å²) in [6, 6.07) is 12.0. The highest BCUT2D eigenvalue weighted by Gasteiger charge is 2.25. The number of piperazine rings is 1. The van der Waals surface area contributed by atoms with E-state index in [1.165, 1.54) is 5.56 Å². The molecule has 5 heteroatoms. The molecule has 1 aliphatic heterocycles. The number of benzene rings is 1. The summed E-state index contributed by atoms with van der Waals surface area (Å²) in [4.78, 5) is 21.1. The molecule has 1 amide bonds. The first-order valence-corrected chi connectivity index (χ1v) is 8.63. The Kier molecular flexibility index (Phi) is 5.08. The number of rotatable bonds is 3. The highest BCUT2D eigenvalue weighted by Crippen LogP contribution is 2.21. The van der Waals surface area contributed by atoms with Gasteiger partial charge in [0, 0.05) is 54.7 Å². The fourth-order valence-electron chi connectivity index (χ4n) is 2.95. The van der Waals surface area contributed by atoms with E-state index in [9.17, 15) is 4.79 Å². The number of nitrogens with zero attached hydrogens (tertiary/aromatic N) is 3. The number of carbonyl (C=O) groups is 1. The average molecular weight is 374 g/mol. The maximum absolute atomic E-state index is 12.6. The molecule has 4 nitrogen and oxygen atoms in total. The lowest BCUT2D eigenvalue weighted by Gasteiger charge is -2.38. The Morgan fingerprint density at radius 1 is 1.17 bits per heavy atom. The van der Waals surface area contributed by atoms with Gasteiger partial charge in [0.1, 0.15) is 0 Å². The number of halogens is 1. The molecule has 0 aliphatic carbocycles. The first-order valence-electron chi connectivity index (χ1n) is 7.84. The SMILES string of the molecule is CC(c1cccnc1)N1CCN(C(=O)c2cccc(Br)c2)CC1. The van der Waals surface area contributed by atoms with Gasteiger partial charge in [-0.15, -0.1) is 0 Å². The van der Waals surface area contributed by atoms with Crippen molar-refractivity contribution in [3.05, 3.63) is 64.4 Å². The van der Waals surface area contributed by atoms with Crippen LogP contribution in [0.25, 0.3) is 0 Å². The molecule has 0 spiro atoms. The van der Waals surface area contributed by atoms with Gasteiger partial charge in [0.25, 0.3) is 5.91 Å². The number of amides is 1. The summed E-state index contributed by atoms with van der Waals surface area (Å²) in [5.74, 6) is 0.111. The molecule has 1 saturated heterocycles. The minimum atomic E-state index is 0.111. The van der Waals surface area contributed by atoms with E-state index in [1.807, 2.05) is 41.4 Å². The van der Waals surface area contributed by atoms with Crippen molar-refractivity contribution in [2.75, 3.05) is 26.2 Å². The number of hydrogen-bond acceptors (Lipinski definition) is 3.